The number of aliphatic hydroxyl groups excluding tert-OH is 1. The van der Waals surface area contributed by atoms with Crippen LogP contribution in [0.5, 0.6) is 0 Å². The zero-order valence-electron chi connectivity index (χ0n) is 10.5. The van der Waals surface area contributed by atoms with Crippen molar-refractivity contribution in [2.75, 3.05) is 18.1 Å². The highest BCUT2D eigenvalue weighted by Crippen LogP contribution is 2.33. The van der Waals surface area contributed by atoms with Gasteiger partial charge in [-0.1, -0.05) is 30.3 Å². The van der Waals surface area contributed by atoms with Gasteiger partial charge in [-0.05, 0) is 5.56 Å². The molecule has 0 aliphatic rings. The number of thiazole rings is 1. The Labute approximate surface area is 118 Å². The molecule has 0 radical (unpaired) electrons. The van der Waals surface area contributed by atoms with Crippen LogP contribution in [0.1, 0.15) is 11.3 Å². The second-order valence-corrected chi connectivity index (χ2v) is 4.98. The van der Waals surface area contributed by atoms with Crippen LogP contribution in [-0.4, -0.2) is 23.2 Å². The van der Waals surface area contributed by atoms with Gasteiger partial charge in [0.1, 0.15) is 0 Å². The lowest BCUT2D eigenvalue weighted by Gasteiger charge is -2.20. The largest absolute Gasteiger partial charge is 0.434 e. The van der Waals surface area contributed by atoms with Crippen LogP contribution in [-0.2, 0) is 12.7 Å². The van der Waals surface area contributed by atoms with Crippen LogP contribution in [0.4, 0.5) is 18.3 Å². The molecule has 0 aliphatic heterocycles. The lowest BCUT2D eigenvalue weighted by atomic mass is 10.2. The van der Waals surface area contributed by atoms with E-state index in [9.17, 15) is 13.2 Å². The summed E-state index contributed by atoms with van der Waals surface area (Å²) in [6.07, 6.45) is -4.44. The molecule has 7 heteroatoms. The number of aromatic nitrogens is 1. The van der Waals surface area contributed by atoms with Gasteiger partial charge in [0.2, 0.25) is 0 Å². The van der Waals surface area contributed by atoms with Gasteiger partial charge in [-0.2, -0.15) is 13.2 Å². The summed E-state index contributed by atoms with van der Waals surface area (Å²) >= 11 is 0.927. The molecule has 108 valence electrons. The molecule has 3 nitrogen and oxygen atoms in total. The molecule has 0 saturated carbocycles. The molecule has 0 aliphatic carbocycles. The molecule has 0 bridgehead atoms. The minimum Gasteiger partial charge on any atom is -0.395 e. The van der Waals surface area contributed by atoms with E-state index in [4.69, 9.17) is 5.11 Å². The van der Waals surface area contributed by atoms with Crippen LogP contribution >= 0.6 is 11.3 Å². The fourth-order valence-electron chi connectivity index (χ4n) is 1.71. The number of anilines is 1. The number of halogens is 3. The van der Waals surface area contributed by atoms with E-state index in [2.05, 4.69) is 4.98 Å². The minimum atomic E-state index is -4.44. The third kappa shape index (κ3) is 3.71. The van der Waals surface area contributed by atoms with E-state index in [1.165, 1.54) is 0 Å². The normalized spacial score (nSPS) is 11.6. The average Bonchev–Trinajstić information content (AvgIpc) is 2.89. The average molecular weight is 302 g/mol. The number of hydrogen-bond acceptors (Lipinski definition) is 4. The first-order valence-corrected chi connectivity index (χ1v) is 6.81. The Bertz CT molecular complexity index is 542. The van der Waals surface area contributed by atoms with Gasteiger partial charge >= 0.3 is 6.18 Å². The molecule has 1 heterocycles. The third-order valence-corrected chi connectivity index (χ3v) is 3.54. The monoisotopic (exact) mass is 302 g/mol. The topological polar surface area (TPSA) is 36.4 Å². The Balaban J connectivity index is 2.18. The first kappa shape index (κ1) is 14.8. The van der Waals surface area contributed by atoms with Gasteiger partial charge in [0.05, 0.1) is 6.61 Å². The molecule has 1 N–H and O–H groups in total. The molecular formula is C13H13F3N2OS. The Morgan fingerprint density at radius 3 is 2.45 bits per heavy atom. The predicted molar refractivity (Wildman–Crippen MR) is 71.7 cm³/mol. The highest BCUT2D eigenvalue weighted by molar-refractivity contribution is 7.13. The zero-order valence-corrected chi connectivity index (χ0v) is 11.3. The molecule has 1 aromatic carbocycles. The Morgan fingerprint density at radius 2 is 1.90 bits per heavy atom. The second-order valence-electron chi connectivity index (χ2n) is 4.14. The van der Waals surface area contributed by atoms with E-state index in [1.807, 2.05) is 30.3 Å². The molecule has 0 atom stereocenters. The summed E-state index contributed by atoms with van der Waals surface area (Å²) in [7, 11) is 0. The van der Waals surface area contributed by atoms with Crippen molar-refractivity contribution in [3.05, 3.63) is 47.0 Å². The fourth-order valence-corrected chi connectivity index (χ4v) is 2.57. The maximum Gasteiger partial charge on any atom is 0.434 e. The molecular weight excluding hydrogens is 289 g/mol. The van der Waals surface area contributed by atoms with Gasteiger partial charge in [0, 0.05) is 18.5 Å². The van der Waals surface area contributed by atoms with E-state index in [-0.39, 0.29) is 18.3 Å². The zero-order chi connectivity index (χ0) is 14.6. The molecule has 0 amide bonds. The van der Waals surface area contributed by atoms with Crippen molar-refractivity contribution in [3.63, 3.8) is 0 Å². The Hall–Kier alpha value is -1.60. The SMILES string of the molecule is OCCN(Cc1ccccc1)c1nc(C(F)(F)F)cs1. The summed E-state index contributed by atoms with van der Waals surface area (Å²) in [5.41, 5.74) is 0.0539. The molecule has 0 saturated heterocycles. The number of hydrogen-bond donors (Lipinski definition) is 1. The smallest absolute Gasteiger partial charge is 0.395 e. The van der Waals surface area contributed by atoms with Gasteiger partial charge in [-0.15, -0.1) is 11.3 Å². The lowest BCUT2D eigenvalue weighted by molar-refractivity contribution is -0.140. The van der Waals surface area contributed by atoms with Gasteiger partial charge in [0.25, 0.3) is 0 Å². The lowest BCUT2D eigenvalue weighted by Crippen LogP contribution is -2.26. The molecule has 2 rings (SSSR count). The van der Waals surface area contributed by atoms with E-state index in [1.54, 1.807) is 4.90 Å². The number of benzene rings is 1. The summed E-state index contributed by atoms with van der Waals surface area (Å²) in [5.74, 6) is 0. The van der Waals surface area contributed by atoms with Gasteiger partial charge in [-0.25, -0.2) is 4.98 Å². The Morgan fingerprint density at radius 1 is 1.20 bits per heavy atom. The van der Waals surface area contributed by atoms with Crippen LogP contribution in [0, 0.1) is 0 Å². The third-order valence-electron chi connectivity index (χ3n) is 2.64. The van der Waals surface area contributed by atoms with E-state index in [0.29, 0.717) is 6.54 Å². The van der Waals surface area contributed by atoms with Crippen LogP contribution in [0.3, 0.4) is 0 Å². The molecule has 20 heavy (non-hydrogen) atoms. The van der Waals surface area contributed by atoms with Crippen molar-refractivity contribution in [2.24, 2.45) is 0 Å². The fraction of sp³-hybridized carbons (Fsp3) is 0.308. The number of aliphatic hydroxyl groups is 1. The van der Waals surface area contributed by atoms with Crippen molar-refractivity contribution in [1.29, 1.82) is 0 Å². The van der Waals surface area contributed by atoms with Crippen molar-refractivity contribution >= 4 is 16.5 Å². The first-order chi connectivity index (χ1) is 9.50. The van der Waals surface area contributed by atoms with Crippen LogP contribution < -0.4 is 4.90 Å². The summed E-state index contributed by atoms with van der Waals surface area (Å²) in [5, 5.41) is 10.3. The molecule has 0 fully saturated rings. The van der Waals surface area contributed by atoms with Gasteiger partial charge in [-0.3, -0.25) is 0 Å². The second kappa shape index (κ2) is 6.23. The maximum absolute atomic E-state index is 12.6. The summed E-state index contributed by atoms with van der Waals surface area (Å²) in [6, 6.07) is 9.33. The summed E-state index contributed by atoms with van der Waals surface area (Å²) in [6.45, 7) is 0.500. The number of nitrogens with zero attached hydrogens (tertiary/aromatic N) is 2. The summed E-state index contributed by atoms with van der Waals surface area (Å²) in [4.78, 5) is 5.24. The number of rotatable bonds is 5. The van der Waals surface area contributed by atoms with Crippen LogP contribution in [0.2, 0.25) is 0 Å². The standard InChI is InChI=1S/C13H13F3N2OS/c14-13(15,16)11-9-20-12(17-11)18(6-7-19)8-10-4-2-1-3-5-10/h1-5,9,19H,6-8H2. The molecule has 2 aromatic rings. The van der Waals surface area contributed by atoms with Crippen molar-refractivity contribution < 1.29 is 18.3 Å². The van der Waals surface area contributed by atoms with E-state index in [0.717, 1.165) is 22.3 Å². The highest BCUT2D eigenvalue weighted by Gasteiger charge is 2.34. The molecule has 0 unspecified atom stereocenters. The van der Waals surface area contributed by atoms with E-state index < -0.39 is 11.9 Å². The van der Waals surface area contributed by atoms with Crippen LogP contribution in [0.25, 0.3) is 0 Å². The molecule has 0 spiro atoms. The van der Waals surface area contributed by atoms with E-state index >= 15 is 0 Å². The minimum absolute atomic E-state index is 0.145. The summed E-state index contributed by atoms with van der Waals surface area (Å²) < 4.78 is 37.7. The van der Waals surface area contributed by atoms with Gasteiger partial charge in [0.15, 0.2) is 10.8 Å². The predicted octanol–water partition coefficient (Wildman–Crippen LogP) is 3.16. The van der Waals surface area contributed by atoms with Crippen molar-refractivity contribution in [2.45, 2.75) is 12.7 Å². The van der Waals surface area contributed by atoms with Crippen molar-refractivity contribution in [1.82, 2.24) is 4.98 Å². The van der Waals surface area contributed by atoms with Gasteiger partial charge < -0.3 is 10.0 Å². The maximum atomic E-state index is 12.6. The highest BCUT2D eigenvalue weighted by atomic mass is 32.1. The first-order valence-electron chi connectivity index (χ1n) is 5.93. The number of alkyl halides is 3. The quantitative estimate of drug-likeness (QED) is 0.921. The Kier molecular flexibility index (Phi) is 4.61. The van der Waals surface area contributed by atoms with Crippen LogP contribution in [0.15, 0.2) is 35.7 Å². The molecule has 1 aromatic heterocycles. The van der Waals surface area contributed by atoms with Crippen molar-refractivity contribution in [3.8, 4) is 0 Å².